The molecule has 1 amide bonds. The maximum absolute atomic E-state index is 13.3. The standard InChI is InChI=1S/C24H34ClN5O3/c1-19-20(15-28(3)26-19)16-29-12-13-33-24(17-29,18-32-22-6-4-21(25)5-7-22)14-23(31)30-10-8-27(2)9-11-30/h4-7,15H,8-14,16-18H2,1-3H3. The molecule has 1 aromatic heterocycles. The van der Waals surface area contributed by atoms with Crippen LogP contribution in [0, 0.1) is 6.92 Å². The van der Waals surface area contributed by atoms with E-state index in [0.717, 1.165) is 50.7 Å². The number of benzene rings is 1. The highest BCUT2D eigenvalue weighted by atomic mass is 35.5. The van der Waals surface area contributed by atoms with Crippen molar-refractivity contribution in [3.63, 3.8) is 0 Å². The topological polar surface area (TPSA) is 63.1 Å². The lowest BCUT2D eigenvalue weighted by atomic mass is 9.96. The summed E-state index contributed by atoms with van der Waals surface area (Å²) >= 11 is 6.02. The number of carbonyl (C=O) groups excluding carboxylic acids is 1. The van der Waals surface area contributed by atoms with E-state index in [1.807, 2.05) is 35.7 Å². The molecule has 0 saturated carbocycles. The Balaban J connectivity index is 1.48. The molecule has 3 heterocycles. The van der Waals surface area contributed by atoms with Gasteiger partial charge in [-0.15, -0.1) is 0 Å². The molecule has 180 valence electrons. The van der Waals surface area contributed by atoms with E-state index in [2.05, 4.69) is 28.1 Å². The van der Waals surface area contributed by atoms with Gasteiger partial charge < -0.3 is 19.3 Å². The van der Waals surface area contributed by atoms with Gasteiger partial charge in [0, 0.05) is 69.6 Å². The second kappa shape index (κ2) is 10.4. The minimum atomic E-state index is -0.714. The molecular formula is C24H34ClN5O3. The summed E-state index contributed by atoms with van der Waals surface area (Å²) in [5, 5.41) is 5.13. The summed E-state index contributed by atoms with van der Waals surface area (Å²) in [6.07, 6.45) is 2.36. The van der Waals surface area contributed by atoms with Gasteiger partial charge in [0.1, 0.15) is 18.0 Å². The van der Waals surface area contributed by atoms with Crippen LogP contribution in [0.3, 0.4) is 0 Å². The first-order valence-electron chi connectivity index (χ1n) is 11.5. The third kappa shape index (κ3) is 6.26. The van der Waals surface area contributed by atoms with Gasteiger partial charge in [0.25, 0.3) is 0 Å². The van der Waals surface area contributed by atoms with Crippen LogP contribution in [0.25, 0.3) is 0 Å². The van der Waals surface area contributed by atoms with Crippen LogP contribution in [0.4, 0.5) is 0 Å². The predicted molar refractivity (Wildman–Crippen MR) is 128 cm³/mol. The summed E-state index contributed by atoms with van der Waals surface area (Å²) in [5.41, 5.74) is 1.51. The molecule has 0 bridgehead atoms. The third-order valence-corrected chi connectivity index (χ3v) is 6.73. The van der Waals surface area contributed by atoms with E-state index in [4.69, 9.17) is 21.1 Å². The van der Waals surface area contributed by atoms with Crippen LogP contribution >= 0.6 is 11.6 Å². The van der Waals surface area contributed by atoms with Gasteiger partial charge in [-0.05, 0) is 38.2 Å². The average molecular weight is 476 g/mol. The summed E-state index contributed by atoms with van der Waals surface area (Å²) in [6.45, 7) is 8.38. The summed E-state index contributed by atoms with van der Waals surface area (Å²) in [6, 6.07) is 7.30. The number of hydrogen-bond donors (Lipinski definition) is 0. The van der Waals surface area contributed by atoms with Gasteiger partial charge >= 0.3 is 0 Å². The number of rotatable bonds is 7. The molecule has 2 saturated heterocycles. The molecule has 4 rings (SSSR count). The lowest BCUT2D eigenvalue weighted by molar-refractivity contribution is -0.157. The van der Waals surface area contributed by atoms with Crippen molar-refractivity contribution in [3.8, 4) is 5.75 Å². The number of hydrogen-bond acceptors (Lipinski definition) is 6. The van der Waals surface area contributed by atoms with Crippen LogP contribution in [-0.2, 0) is 23.1 Å². The molecule has 1 atom stereocenters. The summed E-state index contributed by atoms with van der Waals surface area (Å²) < 4.78 is 14.3. The van der Waals surface area contributed by atoms with Gasteiger partial charge in [0.05, 0.1) is 18.7 Å². The van der Waals surface area contributed by atoms with E-state index < -0.39 is 5.60 Å². The number of halogens is 1. The largest absolute Gasteiger partial charge is 0.491 e. The highest BCUT2D eigenvalue weighted by molar-refractivity contribution is 6.30. The molecule has 2 aliphatic rings. The zero-order valence-electron chi connectivity index (χ0n) is 19.8. The lowest BCUT2D eigenvalue weighted by Gasteiger charge is -2.43. The van der Waals surface area contributed by atoms with E-state index in [1.54, 1.807) is 12.1 Å². The Morgan fingerprint density at radius 2 is 1.88 bits per heavy atom. The number of carbonyl (C=O) groups is 1. The molecule has 1 unspecified atom stereocenters. The predicted octanol–water partition coefficient (Wildman–Crippen LogP) is 2.20. The van der Waals surface area contributed by atoms with Gasteiger partial charge in [-0.1, -0.05) is 11.6 Å². The number of amides is 1. The second-order valence-electron chi connectivity index (χ2n) is 9.26. The zero-order valence-corrected chi connectivity index (χ0v) is 20.6. The Morgan fingerprint density at radius 1 is 1.15 bits per heavy atom. The molecule has 0 N–H and O–H groups in total. The van der Waals surface area contributed by atoms with Crippen LogP contribution in [0.15, 0.2) is 30.5 Å². The number of aromatic nitrogens is 2. The number of morpholine rings is 1. The van der Waals surface area contributed by atoms with Gasteiger partial charge in [0.2, 0.25) is 5.91 Å². The van der Waals surface area contributed by atoms with Crippen molar-refractivity contribution in [3.05, 3.63) is 46.7 Å². The first kappa shape index (κ1) is 24.0. The Labute approximate surface area is 201 Å². The first-order valence-corrected chi connectivity index (χ1v) is 11.9. The lowest BCUT2D eigenvalue weighted by Crippen LogP contribution is -2.58. The van der Waals surface area contributed by atoms with Crippen LogP contribution in [0.5, 0.6) is 5.75 Å². The van der Waals surface area contributed by atoms with Gasteiger partial charge in [-0.25, -0.2) is 0 Å². The molecule has 0 radical (unpaired) electrons. The normalized spacial score (nSPS) is 22.5. The van der Waals surface area contributed by atoms with E-state index in [1.165, 1.54) is 5.56 Å². The molecule has 2 aliphatic heterocycles. The zero-order chi connectivity index (χ0) is 23.4. The van der Waals surface area contributed by atoms with Crippen LogP contribution in [-0.4, -0.2) is 95.5 Å². The Morgan fingerprint density at radius 3 is 2.55 bits per heavy atom. The van der Waals surface area contributed by atoms with Gasteiger partial charge in [-0.3, -0.25) is 14.4 Å². The van der Waals surface area contributed by atoms with E-state index >= 15 is 0 Å². The SMILES string of the molecule is Cc1nn(C)cc1CN1CCOC(COc2ccc(Cl)cc2)(CC(=O)N2CCN(C)CC2)C1. The average Bonchev–Trinajstić information content (AvgIpc) is 3.10. The quantitative estimate of drug-likeness (QED) is 0.611. The fraction of sp³-hybridized carbons (Fsp3) is 0.583. The maximum atomic E-state index is 13.3. The van der Waals surface area contributed by atoms with Crippen molar-refractivity contribution in [2.24, 2.45) is 7.05 Å². The third-order valence-electron chi connectivity index (χ3n) is 6.48. The van der Waals surface area contributed by atoms with E-state index in [0.29, 0.717) is 31.2 Å². The van der Waals surface area contributed by atoms with Crippen molar-refractivity contribution >= 4 is 17.5 Å². The van der Waals surface area contributed by atoms with Crippen molar-refractivity contribution in [1.29, 1.82) is 0 Å². The fourth-order valence-electron chi connectivity index (χ4n) is 4.54. The molecule has 1 aromatic carbocycles. The Bertz CT molecular complexity index is 942. The summed E-state index contributed by atoms with van der Waals surface area (Å²) in [7, 11) is 4.03. The number of nitrogens with zero attached hydrogens (tertiary/aromatic N) is 5. The fourth-order valence-corrected chi connectivity index (χ4v) is 4.66. The number of likely N-dealkylation sites (N-methyl/N-ethyl adjacent to an activating group) is 1. The minimum Gasteiger partial charge on any atom is -0.491 e. The van der Waals surface area contributed by atoms with Crippen molar-refractivity contribution in [2.75, 3.05) is 59.5 Å². The number of piperazine rings is 1. The van der Waals surface area contributed by atoms with Gasteiger partial charge in [-0.2, -0.15) is 5.10 Å². The smallest absolute Gasteiger partial charge is 0.225 e. The maximum Gasteiger partial charge on any atom is 0.225 e. The van der Waals surface area contributed by atoms with Crippen molar-refractivity contribution < 1.29 is 14.3 Å². The number of ether oxygens (including phenoxy) is 2. The summed E-state index contributed by atoms with van der Waals surface area (Å²) in [5.74, 6) is 0.844. The molecule has 9 heteroatoms. The van der Waals surface area contributed by atoms with Crippen molar-refractivity contribution in [2.45, 2.75) is 25.5 Å². The van der Waals surface area contributed by atoms with Gasteiger partial charge in [0.15, 0.2) is 0 Å². The minimum absolute atomic E-state index is 0.127. The van der Waals surface area contributed by atoms with Crippen LogP contribution in [0.1, 0.15) is 17.7 Å². The van der Waals surface area contributed by atoms with Crippen LogP contribution < -0.4 is 4.74 Å². The monoisotopic (exact) mass is 475 g/mol. The van der Waals surface area contributed by atoms with E-state index in [9.17, 15) is 4.79 Å². The molecule has 2 aromatic rings. The second-order valence-corrected chi connectivity index (χ2v) is 9.70. The summed E-state index contributed by atoms with van der Waals surface area (Å²) in [4.78, 5) is 19.8. The molecule has 2 fully saturated rings. The Kier molecular flexibility index (Phi) is 7.58. The highest BCUT2D eigenvalue weighted by Gasteiger charge is 2.41. The number of aryl methyl sites for hydroxylation is 2. The highest BCUT2D eigenvalue weighted by Crippen LogP contribution is 2.27. The first-order chi connectivity index (χ1) is 15.8. The Hall–Kier alpha value is -2.13. The van der Waals surface area contributed by atoms with E-state index in [-0.39, 0.29) is 5.91 Å². The molecule has 33 heavy (non-hydrogen) atoms. The molecular weight excluding hydrogens is 442 g/mol. The molecule has 8 nitrogen and oxygen atoms in total. The van der Waals surface area contributed by atoms with Crippen molar-refractivity contribution in [1.82, 2.24) is 24.5 Å². The molecule has 0 aliphatic carbocycles. The van der Waals surface area contributed by atoms with Crippen LogP contribution in [0.2, 0.25) is 5.02 Å². The molecule has 0 spiro atoms.